The molecule has 1 aliphatic heterocycles. The number of anilines is 1. The Balaban J connectivity index is 1.64. The van der Waals surface area contributed by atoms with E-state index in [-0.39, 0.29) is 29.0 Å². The SMILES string of the molecule is CC1(C)C(Nc2nc(O)c(CC(=O)N3CCOCC3)s2)C1(C)C. The summed E-state index contributed by atoms with van der Waals surface area (Å²) in [7, 11) is 0. The zero-order valence-electron chi connectivity index (χ0n) is 14.2. The van der Waals surface area contributed by atoms with Crippen LogP contribution in [0.2, 0.25) is 0 Å². The fourth-order valence-electron chi connectivity index (χ4n) is 3.26. The number of nitrogens with zero attached hydrogens (tertiary/aromatic N) is 2. The Bertz CT molecular complexity index is 592. The van der Waals surface area contributed by atoms with E-state index in [4.69, 9.17) is 4.74 Å². The molecule has 0 spiro atoms. The molecular formula is C16H25N3O3S. The average molecular weight is 339 g/mol. The first-order valence-corrected chi connectivity index (χ1v) is 8.86. The van der Waals surface area contributed by atoms with Gasteiger partial charge in [0.05, 0.1) is 24.5 Å². The van der Waals surface area contributed by atoms with Crippen LogP contribution in [-0.2, 0) is 16.0 Å². The van der Waals surface area contributed by atoms with Gasteiger partial charge < -0.3 is 20.1 Å². The van der Waals surface area contributed by atoms with Gasteiger partial charge in [-0.25, -0.2) is 0 Å². The van der Waals surface area contributed by atoms with E-state index in [0.717, 1.165) is 0 Å². The molecule has 3 rings (SSSR count). The van der Waals surface area contributed by atoms with Crippen LogP contribution in [0, 0.1) is 10.8 Å². The molecule has 1 saturated carbocycles. The van der Waals surface area contributed by atoms with Crippen LogP contribution in [0.1, 0.15) is 32.6 Å². The molecule has 1 saturated heterocycles. The Morgan fingerprint density at radius 2 is 1.96 bits per heavy atom. The summed E-state index contributed by atoms with van der Waals surface area (Å²) < 4.78 is 5.25. The maximum absolute atomic E-state index is 12.3. The van der Waals surface area contributed by atoms with E-state index >= 15 is 0 Å². The van der Waals surface area contributed by atoms with Gasteiger partial charge in [-0.05, 0) is 10.8 Å². The predicted octanol–water partition coefficient (Wildman–Crippen LogP) is 2.10. The minimum atomic E-state index is -0.0321. The van der Waals surface area contributed by atoms with E-state index in [1.165, 1.54) is 11.3 Å². The summed E-state index contributed by atoms with van der Waals surface area (Å²) in [6, 6.07) is 0.323. The van der Waals surface area contributed by atoms with Gasteiger partial charge in [0.15, 0.2) is 5.13 Å². The normalized spacial score (nSPS) is 22.9. The summed E-state index contributed by atoms with van der Waals surface area (Å²) >= 11 is 1.37. The third-order valence-electron chi connectivity index (χ3n) is 5.64. The molecule has 0 atom stereocenters. The van der Waals surface area contributed by atoms with Crippen molar-refractivity contribution in [2.75, 3.05) is 31.6 Å². The molecule has 0 unspecified atom stereocenters. The van der Waals surface area contributed by atoms with Crippen LogP contribution in [-0.4, -0.2) is 53.2 Å². The minimum absolute atomic E-state index is 0.0193. The Kier molecular flexibility index (Phi) is 4.04. The highest BCUT2D eigenvalue weighted by atomic mass is 32.1. The molecule has 2 fully saturated rings. The molecule has 1 amide bonds. The molecule has 6 nitrogen and oxygen atoms in total. The maximum Gasteiger partial charge on any atom is 0.228 e. The molecule has 0 radical (unpaired) electrons. The van der Waals surface area contributed by atoms with Crippen molar-refractivity contribution in [2.24, 2.45) is 10.8 Å². The number of aromatic nitrogens is 1. The summed E-state index contributed by atoms with van der Waals surface area (Å²) in [5.41, 5.74) is 0.385. The monoisotopic (exact) mass is 339 g/mol. The molecule has 128 valence electrons. The standard InChI is InChI=1S/C16H25N3O3S/c1-15(2)13(16(15,3)4)18-14-17-12(21)10(23-14)9-11(20)19-5-7-22-8-6-19/h13,21H,5-9H2,1-4H3,(H,17,18). The van der Waals surface area contributed by atoms with Crippen molar-refractivity contribution in [3.05, 3.63) is 4.88 Å². The molecule has 0 aromatic carbocycles. The highest BCUT2D eigenvalue weighted by molar-refractivity contribution is 7.16. The quantitative estimate of drug-likeness (QED) is 0.879. The van der Waals surface area contributed by atoms with Crippen molar-refractivity contribution in [1.29, 1.82) is 0 Å². The number of amides is 1. The van der Waals surface area contributed by atoms with Gasteiger partial charge in [0.1, 0.15) is 0 Å². The first-order chi connectivity index (χ1) is 10.7. The van der Waals surface area contributed by atoms with E-state index in [1.54, 1.807) is 4.90 Å². The lowest BCUT2D eigenvalue weighted by molar-refractivity contribution is -0.134. The fraction of sp³-hybridized carbons (Fsp3) is 0.750. The van der Waals surface area contributed by atoms with Crippen LogP contribution in [0.5, 0.6) is 5.88 Å². The van der Waals surface area contributed by atoms with Crippen molar-refractivity contribution in [3.8, 4) is 5.88 Å². The fourth-order valence-corrected chi connectivity index (χ4v) is 4.14. The first kappa shape index (κ1) is 16.5. The molecule has 1 aliphatic carbocycles. The summed E-state index contributed by atoms with van der Waals surface area (Å²) in [5.74, 6) is -0.0127. The van der Waals surface area contributed by atoms with E-state index in [2.05, 4.69) is 38.0 Å². The lowest BCUT2D eigenvalue weighted by Crippen LogP contribution is -2.41. The van der Waals surface area contributed by atoms with Gasteiger partial charge in [0, 0.05) is 19.1 Å². The van der Waals surface area contributed by atoms with Crippen LogP contribution in [0.4, 0.5) is 5.13 Å². The molecule has 2 aliphatic rings. The number of carbonyl (C=O) groups is 1. The second kappa shape index (κ2) is 5.63. The van der Waals surface area contributed by atoms with Crippen LogP contribution in [0.15, 0.2) is 0 Å². The van der Waals surface area contributed by atoms with Gasteiger partial charge in [-0.1, -0.05) is 39.0 Å². The second-order valence-electron chi connectivity index (χ2n) is 7.46. The van der Waals surface area contributed by atoms with Crippen molar-refractivity contribution in [1.82, 2.24) is 9.88 Å². The van der Waals surface area contributed by atoms with Crippen LogP contribution in [0.3, 0.4) is 0 Å². The lowest BCUT2D eigenvalue weighted by Gasteiger charge is -2.26. The summed E-state index contributed by atoms with van der Waals surface area (Å²) in [6.07, 6.45) is 0.197. The van der Waals surface area contributed by atoms with Crippen LogP contribution >= 0.6 is 11.3 Å². The number of nitrogens with one attached hydrogen (secondary N) is 1. The van der Waals surface area contributed by atoms with E-state index in [1.807, 2.05) is 0 Å². The number of morpholine rings is 1. The molecule has 23 heavy (non-hydrogen) atoms. The zero-order valence-corrected chi connectivity index (χ0v) is 15.0. The van der Waals surface area contributed by atoms with Crippen LogP contribution < -0.4 is 5.32 Å². The number of thiazole rings is 1. The lowest BCUT2D eigenvalue weighted by atomic mass is 10.0. The molecule has 7 heteroatoms. The van der Waals surface area contributed by atoms with Crippen LogP contribution in [0.25, 0.3) is 0 Å². The molecule has 1 aromatic rings. The molecular weight excluding hydrogens is 314 g/mol. The third-order valence-corrected chi connectivity index (χ3v) is 6.62. The third kappa shape index (κ3) is 2.92. The number of rotatable bonds is 4. The van der Waals surface area contributed by atoms with Gasteiger partial charge in [-0.15, -0.1) is 0 Å². The molecule has 0 bridgehead atoms. The summed E-state index contributed by atoms with van der Waals surface area (Å²) in [6.45, 7) is 11.3. The van der Waals surface area contributed by atoms with Gasteiger partial charge in [0.25, 0.3) is 0 Å². The Labute approximate surface area is 140 Å². The summed E-state index contributed by atoms with van der Waals surface area (Å²) in [5, 5.41) is 14.1. The smallest absolute Gasteiger partial charge is 0.228 e. The summed E-state index contributed by atoms with van der Waals surface area (Å²) in [4.78, 5) is 18.9. The number of carbonyl (C=O) groups excluding carboxylic acids is 1. The predicted molar refractivity (Wildman–Crippen MR) is 89.9 cm³/mol. The van der Waals surface area contributed by atoms with Crippen molar-refractivity contribution < 1.29 is 14.6 Å². The zero-order chi connectivity index (χ0) is 16.8. The largest absolute Gasteiger partial charge is 0.492 e. The van der Waals surface area contributed by atoms with Crippen molar-refractivity contribution in [2.45, 2.75) is 40.2 Å². The number of hydrogen-bond donors (Lipinski definition) is 2. The minimum Gasteiger partial charge on any atom is -0.492 e. The molecule has 2 N–H and O–H groups in total. The Hall–Kier alpha value is -1.34. The van der Waals surface area contributed by atoms with E-state index in [9.17, 15) is 9.90 Å². The van der Waals surface area contributed by atoms with Gasteiger partial charge >= 0.3 is 0 Å². The maximum atomic E-state index is 12.3. The van der Waals surface area contributed by atoms with Gasteiger partial charge in [-0.3, -0.25) is 4.79 Å². The Morgan fingerprint density at radius 3 is 2.52 bits per heavy atom. The highest BCUT2D eigenvalue weighted by Gasteiger charge is 2.65. The van der Waals surface area contributed by atoms with Gasteiger partial charge in [-0.2, -0.15) is 4.98 Å². The number of ether oxygens (including phenoxy) is 1. The average Bonchev–Trinajstić information content (AvgIpc) is 2.76. The second-order valence-corrected chi connectivity index (χ2v) is 8.54. The van der Waals surface area contributed by atoms with Gasteiger partial charge in [0.2, 0.25) is 11.8 Å². The highest BCUT2D eigenvalue weighted by Crippen LogP contribution is 2.63. The van der Waals surface area contributed by atoms with E-state index in [0.29, 0.717) is 42.4 Å². The molecule has 2 heterocycles. The number of aromatic hydroxyl groups is 1. The molecule has 1 aromatic heterocycles. The first-order valence-electron chi connectivity index (χ1n) is 8.04. The van der Waals surface area contributed by atoms with E-state index < -0.39 is 0 Å². The topological polar surface area (TPSA) is 74.7 Å². The Morgan fingerprint density at radius 1 is 1.35 bits per heavy atom. The van der Waals surface area contributed by atoms with Crippen molar-refractivity contribution in [3.63, 3.8) is 0 Å². The van der Waals surface area contributed by atoms with Crippen molar-refractivity contribution >= 4 is 22.4 Å². The number of hydrogen-bond acceptors (Lipinski definition) is 6.